The van der Waals surface area contributed by atoms with Crippen LogP contribution in [0.2, 0.25) is 0 Å². The van der Waals surface area contributed by atoms with Crippen LogP contribution in [0, 0.1) is 0 Å². The third-order valence-electron chi connectivity index (χ3n) is 4.90. The fourth-order valence-electron chi connectivity index (χ4n) is 3.69. The standard InChI is InChI=1S/C19H20N2O2/c22-17(20-11-3-1-2-4-12-20)13-21-16-10-6-8-14-7-5-9-15(18(14)16)19(21)23/h5-10H,1-4,11-13H2. The molecule has 0 N–H and O–H groups in total. The first-order valence-corrected chi connectivity index (χ1v) is 8.37. The molecule has 23 heavy (non-hydrogen) atoms. The Bertz CT molecular complexity index is 771. The highest BCUT2D eigenvalue weighted by molar-refractivity contribution is 6.26. The molecule has 1 saturated heterocycles. The zero-order valence-electron chi connectivity index (χ0n) is 13.1. The molecular formula is C19H20N2O2. The molecule has 4 rings (SSSR count). The summed E-state index contributed by atoms with van der Waals surface area (Å²) in [5.41, 5.74) is 1.58. The highest BCUT2D eigenvalue weighted by Gasteiger charge is 2.32. The highest BCUT2D eigenvalue weighted by Crippen LogP contribution is 2.37. The third kappa shape index (κ3) is 2.38. The minimum absolute atomic E-state index is 0.0556. The summed E-state index contributed by atoms with van der Waals surface area (Å²) in [4.78, 5) is 28.9. The van der Waals surface area contributed by atoms with Gasteiger partial charge in [0.1, 0.15) is 6.54 Å². The van der Waals surface area contributed by atoms with E-state index in [1.165, 1.54) is 12.8 Å². The van der Waals surface area contributed by atoms with Gasteiger partial charge in [-0.3, -0.25) is 14.5 Å². The first-order chi connectivity index (χ1) is 11.3. The summed E-state index contributed by atoms with van der Waals surface area (Å²) >= 11 is 0. The van der Waals surface area contributed by atoms with Gasteiger partial charge in [-0.15, -0.1) is 0 Å². The van der Waals surface area contributed by atoms with E-state index < -0.39 is 0 Å². The van der Waals surface area contributed by atoms with Crippen LogP contribution in [0.15, 0.2) is 36.4 Å². The summed E-state index contributed by atoms with van der Waals surface area (Å²) in [6.45, 7) is 1.78. The third-order valence-corrected chi connectivity index (χ3v) is 4.90. The molecule has 0 saturated carbocycles. The van der Waals surface area contributed by atoms with Gasteiger partial charge in [-0.2, -0.15) is 0 Å². The van der Waals surface area contributed by atoms with Gasteiger partial charge in [-0.05, 0) is 30.4 Å². The molecule has 2 amide bonds. The van der Waals surface area contributed by atoms with E-state index >= 15 is 0 Å². The summed E-state index contributed by atoms with van der Waals surface area (Å²) in [5, 5.41) is 2.03. The fraction of sp³-hybridized carbons (Fsp3) is 0.368. The van der Waals surface area contributed by atoms with E-state index in [-0.39, 0.29) is 18.4 Å². The van der Waals surface area contributed by atoms with E-state index in [1.54, 1.807) is 4.90 Å². The van der Waals surface area contributed by atoms with E-state index in [4.69, 9.17) is 0 Å². The number of anilines is 1. The van der Waals surface area contributed by atoms with E-state index in [1.807, 2.05) is 41.3 Å². The Morgan fingerprint density at radius 3 is 2.39 bits per heavy atom. The number of amides is 2. The summed E-state index contributed by atoms with van der Waals surface area (Å²) in [7, 11) is 0. The van der Waals surface area contributed by atoms with E-state index in [0.29, 0.717) is 5.56 Å². The zero-order valence-corrected chi connectivity index (χ0v) is 13.1. The van der Waals surface area contributed by atoms with Crippen LogP contribution in [0.5, 0.6) is 0 Å². The van der Waals surface area contributed by atoms with E-state index in [2.05, 4.69) is 0 Å². The largest absolute Gasteiger partial charge is 0.341 e. The maximum absolute atomic E-state index is 12.7. The van der Waals surface area contributed by atoms with Crippen molar-refractivity contribution in [3.8, 4) is 0 Å². The van der Waals surface area contributed by atoms with Crippen LogP contribution in [-0.2, 0) is 4.79 Å². The molecular weight excluding hydrogens is 288 g/mol. The molecule has 4 heteroatoms. The number of likely N-dealkylation sites (tertiary alicyclic amines) is 1. The van der Waals surface area contributed by atoms with Gasteiger partial charge in [0.25, 0.3) is 5.91 Å². The van der Waals surface area contributed by atoms with Crippen molar-refractivity contribution in [1.82, 2.24) is 4.90 Å². The van der Waals surface area contributed by atoms with Crippen LogP contribution in [0.4, 0.5) is 5.69 Å². The van der Waals surface area contributed by atoms with Crippen LogP contribution >= 0.6 is 0 Å². The minimum Gasteiger partial charge on any atom is -0.341 e. The van der Waals surface area contributed by atoms with Crippen LogP contribution in [-0.4, -0.2) is 36.3 Å². The van der Waals surface area contributed by atoms with Gasteiger partial charge in [0.2, 0.25) is 5.91 Å². The molecule has 0 spiro atoms. The molecule has 1 fully saturated rings. The van der Waals surface area contributed by atoms with Crippen molar-refractivity contribution in [1.29, 1.82) is 0 Å². The molecule has 0 unspecified atom stereocenters. The molecule has 2 aliphatic heterocycles. The Morgan fingerprint density at radius 2 is 1.65 bits per heavy atom. The number of hydrogen-bond donors (Lipinski definition) is 0. The van der Waals surface area contributed by atoms with Gasteiger partial charge in [0.05, 0.1) is 5.69 Å². The Morgan fingerprint density at radius 1 is 0.957 bits per heavy atom. The van der Waals surface area contributed by atoms with Gasteiger partial charge < -0.3 is 4.90 Å². The average molecular weight is 308 g/mol. The normalized spacial score (nSPS) is 17.7. The first kappa shape index (κ1) is 14.2. The number of nitrogens with zero attached hydrogens (tertiary/aromatic N) is 2. The van der Waals surface area contributed by atoms with Crippen molar-refractivity contribution in [2.45, 2.75) is 25.7 Å². The quantitative estimate of drug-likeness (QED) is 0.855. The van der Waals surface area contributed by atoms with E-state index in [0.717, 1.165) is 42.4 Å². The summed E-state index contributed by atoms with van der Waals surface area (Å²) in [5.74, 6) is 0.00466. The predicted molar refractivity (Wildman–Crippen MR) is 90.7 cm³/mol. The summed E-state index contributed by atoms with van der Waals surface area (Å²) in [6.07, 6.45) is 4.51. The summed E-state index contributed by atoms with van der Waals surface area (Å²) < 4.78 is 0. The Labute approximate surface area is 135 Å². The Hall–Kier alpha value is -2.36. The minimum atomic E-state index is -0.0556. The number of rotatable bonds is 2. The second-order valence-corrected chi connectivity index (χ2v) is 6.37. The molecule has 0 aromatic heterocycles. The Balaban J connectivity index is 1.62. The number of carbonyl (C=O) groups excluding carboxylic acids is 2. The number of hydrogen-bond acceptors (Lipinski definition) is 2. The SMILES string of the molecule is O=C(CN1C(=O)c2cccc3cccc1c23)N1CCCCCC1. The van der Waals surface area contributed by atoms with Crippen molar-refractivity contribution in [2.24, 2.45) is 0 Å². The molecule has 2 aliphatic rings. The van der Waals surface area contributed by atoms with Crippen molar-refractivity contribution in [2.75, 3.05) is 24.5 Å². The maximum atomic E-state index is 12.7. The highest BCUT2D eigenvalue weighted by atomic mass is 16.2. The van der Waals surface area contributed by atoms with Crippen molar-refractivity contribution >= 4 is 28.3 Å². The van der Waals surface area contributed by atoms with Crippen LogP contribution < -0.4 is 4.90 Å². The first-order valence-electron chi connectivity index (χ1n) is 8.37. The van der Waals surface area contributed by atoms with Crippen LogP contribution in [0.3, 0.4) is 0 Å². The second-order valence-electron chi connectivity index (χ2n) is 6.37. The second kappa shape index (κ2) is 5.69. The van der Waals surface area contributed by atoms with Crippen molar-refractivity contribution in [3.63, 3.8) is 0 Å². The molecule has 2 heterocycles. The van der Waals surface area contributed by atoms with Gasteiger partial charge >= 0.3 is 0 Å². The maximum Gasteiger partial charge on any atom is 0.259 e. The molecule has 4 nitrogen and oxygen atoms in total. The number of carbonyl (C=O) groups is 2. The lowest BCUT2D eigenvalue weighted by atomic mass is 10.1. The van der Waals surface area contributed by atoms with Gasteiger partial charge in [0, 0.05) is 24.0 Å². The predicted octanol–water partition coefficient (Wildman–Crippen LogP) is 3.20. The van der Waals surface area contributed by atoms with Gasteiger partial charge in [-0.1, -0.05) is 37.1 Å². The number of benzene rings is 2. The summed E-state index contributed by atoms with van der Waals surface area (Å²) in [6, 6.07) is 11.7. The molecule has 2 aromatic rings. The zero-order chi connectivity index (χ0) is 15.8. The molecule has 118 valence electrons. The molecule has 0 bridgehead atoms. The van der Waals surface area contributed by atoms with Crippen molar-refractivity contribution < 1.29 is 9.59 Å². The molecule has 0 atom stereocenters. The lowest BCUT2D eigenvalue weighted by molar-refractivity contribution is -0.129. The van der Waals surface area contributed by atoms with Crippen LogP contribution in [0.25, 0.3) is 10.8 Å². The van der Waals surface area contributed by atoms with Crippen LogP contribution in [0.1, 0.15) is 36.0 Å². The lowest BCUT2D eigenvalue weighted by Gasteiger charge is -2.24. The lowest BCUT2D eigenvalue weighted by Crippen LogP contribution is -2.42. The molecule has 0 aliphatic carbocycles. The molecule has 0 radical (unpaired) electrons. The smallest absolute Gasteiger partial charge is 0.259 e. The Kier molecular flexibility index (Phi) is 3.52. The molecule has 2 aromatic carbocycles. The monoisotopic (exact) mass is 308 g/mol. The van der Waals surface area contributed by atoms with Gasteiger partial charge in [0.15, 0.2) is 0 Å². The van der Waals surface area contributed by atoms with Gasteiger partial charge in [-0.25, -0.2) is 0 Å². The van der Waals surface area contributed by atoms with E-state index in [9.17, 15) is 9.59 Å². The fourth-order valence-corrected chi connectivity index (χ4v) is 3.69. The topological polar surface area (TPSA) is 40.6 Å². The average Bonchev–Trinajstić information content (AvgIpc) is 2.78. The van der Waals surface area contributed by atoms with Crippen molar-refractivity contribution in [3.05, 3.63) is 42.0 Å².